The molecule has 6 aromatic rings. The van der Waals surface area contributed by atoms with Gasteiger partial charge in [0.1, 0.15) is 23.6 Å². The van der Waals surface area contributed by atoms with Crippen LogP contribution in [0.25, 0.3) is 22.8 Å². The van der Waals surface area contributed by atoms with Crippen LogP contribution in [0, 0.1) is 0 Å². The minimum absolute atomic E-state index is 0.0759. The van der Waals surface area contributed by atoms with Gasteiger partial charge in [-0.3, -0.25) is 19.2 Å². The van der Waals surface area contributed by atoms with Gasteiger partial charge in [-0.05, 0) is 97.1 Å². The molecule has 2 heterocycles. The number of esters is 1. The zero-order valence-electron chi connectivity index (χ0n) is 30.6. The average Bonchev–Trinajstić information content (AvgIpc) is 3.93. The molecule has 294 valence electrons. The molecule has 6 rings (SSSR count). The number of hydrogen-bond donors (Lipinski definition) is 3. The van der Waals surface area contributed by atoms with E-state index in [0.29, 0.717) is 55.4 Å². The Bertz CT molecular complexity index is 2280. The first-order valence-corrected chi connectivity index (χ1v) is 17.7. The second-order valence-corrected chi connectivity index (χ2v) is 12.8. The Balaban J connectivity index is 0.000000218. The van der Waals surface area contributed by atoms with Gasteiger partial charge in [0.05, 0.1) is 34.2 Å². The molecule has 0 spiro atoms. The van der Waals surface area contributed by atoms with Gasteiger partial charge in [0.15, 0.2) is 0 Å². The number of nitrogens with zero attached hydrogens (tertiary/aromatic N) is 4. The summed E-state index contributed by atoms with van der Waals surface area (Å²) in [4.78, 5) is 56.9. The summed E-state index contributed by atoms with van der Waals surface area (Å²) in [6, 6.07) is 25.1. The quantitative estimate of drug-likeness (QED) is 0.105. The number of rotatable bonds is 14. The van der Waals surface area contributed by atoms with Gasteiger partial charge in [-0.25, -0.2) is 0 Å². The summed E-state index contributed by atoms with van der Waals surface area (Å²) in [7, 11) is 4.40. The first-order chi connectivity index (χ1) is 27.5. The third kappa shape index (κ3) is 11.6. The van der Waals surface area contributed by atoms with E-state index in [1.165, 1.54) is 7.11 Å². The summed E-state index contributed by atoms with van der Waals surface area (Å²) >= 11 is 11.7. The van der Waals surface area contributed by atoms with Crippen molar-refractivity contribution in [3.63, 3.8) is 0 Å². The highest BCUT2D eigenvalue weighted by Gasteiger charge is 2.26. The van der Waals surface area contributed by atoms with Crippen LogP contribution in [0.5, 0.6) is 11.5 Å². The molecule has 0 aliphatic carbocycles. The topological polar surface area (TPSA) is 224 Å². The number of nitrogens with one attached hydrogen (secondary N) is 2. The predicted molar refractivity (Wildman–Crippen MR) is 206 cm³/mol. The fraction of sp³-hybridized carbons (Fsp3) is 0.179. The number of carbonyl (C=O) groups is 4. The Kier molecular flexibility index (Phi) is 14.3. The van der Waals surface area contributed by atoms with Crippen molar-refractivity contribution in [1.82, 2.24) is 30.9 Å². The molecule has 0 bridgehead atoms. The van der Waals surface area contributed by atoms with Crippen LogP contribution in [0.3, 0.4) is 0 Å². The van der Waals surface area contributed by atoms with Gasteiger partial charge in [-0.15, -0.1) is 0 Å². The normalized spacial score (nSPS) is 11.6. The Morgan fingerprint density at radius 1 is 0.614 bits per heavy atom. The maximum atomic E-state index is 12.5. The number of halogens is 2. The lowest BCUT2D eigenvalue weighted by molar-refractivity contribution is -0.141. The van der Waals surface area contributed by atoms with Gasteiger partial charge in [0.2, 0.25) is 29.3 Å². The first kappa shape index (κ1) is 41.4. The van der Waals surface area contributed by atoms with Crippen molar-refractivity contribution in [1.29, 1.82) is 0 Å². The standard InChI is InChI=1S/C20H18ClN3O5.C19H17ClN4O4/c1-27-15-9-5-12(6-10-15)18-23-20(29-24-18)16(11-17(25)28-2)22-19(26)13-3-7-14(21)8-4-13;1-27-14-8-4-11(5-9-14)17-23-19(28-24-17)15(10-16(21)25)22-18(26)12-2-6-13(20)7-3-12/h3-10,16H,11H2,1-2H3,(H,22,26);2-9,15H,10H2,1H3,(H2,21,25)(H,22,26)/t16-;15-/m00/s1. The number of amides is 3. The van der Waals surface area contributed by atoms with Crippen LogP contribution in [0.15, 0.2) is 106 Å². The van der Waals surface area contributed by atoms with E-state index in [1.54, 1.807) is 111 Å². The third-order valence-electron chi connectivity index (χ3n) is 8.00. The molecule has 4 N–H and O–H groups in total. The minimum atomic E-state index is -0.861. The van der Waals surface area contributed by atoms with Crippen LogP contribution in [0.4, 0.5) is 0 Å². The van der Waals surface area contributed by atoms with Crippen molar-refractivity contribution in [2.75, 3.05) is 21.3 Å². The van der Waals surface area contributed by atoms with E-state index in [9.17, 15) is 19.2 Å². The summed E-state index contributed by atoms with van der Waals surface area (Å²) < 4.78 is 25.5. The van der Waals surface area contributed by atoms with Gasteiger partial charge in [-0.1, -0.05) is 33.5 Å². The molecule has 0 aliphatic rings. The smallest absolute Gasteiger partial charge is 0.308 e. The monoisotopic (exact) mass is 815 g/mol. The minimum Gasteiger partial charge on any atom is -0.497 e. The molecule has 4 aromatic carbocycles. The molecular formula is C39H35Cl2N7O9. The Hall–Kier alpha value is -6.78. The Labute approximate surface area is 335 Å². The Morgan fingerprint density at radius 3 is 1.35 bits per heavy atom. The number of aromatic nitrogens is 4. The summed E-state index contributed by atoms with van der Waals surface area (Å²) in [5, 5.41) is 14.3. The second-order valence-electron chi connectivity index (χ2n) is 11.9. The molecule has 18 heteroatoms. The van der Waals surface area contributed by atoms with Crippen LogP contribution in [-0.2, 0) is 14.3 Å². The van der Waals surface area contributed by atoms with Crippen LogP contribution in [-0.4, -0.2) is 65.3 Å². The molecule has 0 saturated heterocycles. The predicted octanol–water partition coefficient (Wildman–Crippen LogP) is 6.18. The summed E-state index contributed by atoms with van der Waals surface area (Å²) in [6.07, 6.45) is -0.357. The number of benzene rings is 4. The van der Waals surface area contributed by atoms with Crippen LogP contribution in [0.2, 0.25) is 10.0 Å². The maximum absolute atomic E-state index is 12.5. The molecule has 57 heavy (non-hydrogen) atoms. The molecular weight excluding hydrogens is 781 g/mol. The molecule has 0 fully saturated rings. The maximum Gasteiger partial charge on any atom is 0.308 e. The number of primary amides is 1. The highest BCUT2D eigenvalue weighted by Crippen LogP contribution is 2.25. The van der Waals surface area contributed by atoms with E-state index in [4.69, 9.17) is 52.2 Å². The number of nitrogens with two attached hydrogens (primary N) is 1. The highest BCUT2D eigenvalue weighted by molar-refractivity contribution is 6.31. The van der Waals surface area contributed by atoms with Gasteiger partial charge in [0, 0.05) is 32.3 Å². The van der Waals surface area contributed by atoms with Gasteiger partial charge < -0.3 is 39.6 Å². The van der Waals surface area contributed by atoms with Crippen molar-refractivity contribution in [3.05, 3.63) is 130 Å². The molecule has 0 saturated carbocycles. The van der Waals surface area contributed by atoms with Gasteiger partial charge >= 0.3 is 5.97 Å². The van der Waals surface area contributed by atoms with E-state index in [0.717, 1.165) is 0 Å². The van der Waals surface area contributed by atoms with Crippen molar-refractivity contribution in [3.8, 4) is 34.3 Å². The largest absolute Gasteiger partial charge is 0.497 e. The fourth-order valence-corrected chi connectivity index (χ4v) is 5.26. The SMILES string of the molecule is COC(=O)C[C@H](NC(=O)c1ccc(Cl)cc1)c1nc(-c2ccc(OC)cc2)no1.COc1ccc(-c2noc([C@H](CC(N)=O)NC(=O)c3ccc(Cl)cc3)n2)cc1. The lowest BCUT2D eigenvalue weighted by Crippen LogP contribution is -2.32. The van der Waals surface area contributed by atoms with Crippen molar-refractivity contribution in [2.24, 2.45) is 5.73 Å². The lowest BCUT2D eigenvalue weighted by Gasteiger charge is -2.14. The first-order valence-electron chi connectivity index (χ1n) is 16.9. The highest BCUT2D eigenvalue weighted by atomic mass is 35.5. The van der Waals surface area contributed by atoms with Gasteiger partial charge in [-0.2, -0.15) is 9.97 Å². The molecule has 0 aliphatic heterocycles. The number of carbonyl (C=O) groups excluding carboxylic acids is 4. The molecule has 16 nitrogen and oxygen atoms in total. The van der Waals surface area contributed by atoms with Crippen LogP contribution in [0.1, 0.15) is 57.4 Å². The molecule has 2 aromatic heterocycles. The van der Waals surface area contributed by atoms with Gasteiger partial charge in [0.25, 0.3) is 11.8 Å². The van der Waals surface area contributed by atoms with E-state index in [2.05, 4.69) is 30.9 Å². The van der Waals surface area contributed by atoms with Crippen molar-refractivity contribution in [2.45, 2.75) is 24.9 Å². The van der Waals surface area contributed by atoms with Crippen molar-refractivity contribution < 1.29 is 42.4 Å². The number of hydrogen-bond acceptors (Lipinski definition) is 13. The molecule has 3 amide bonds. The lowest BCUT2D eigenvalue weighted by atomic mass is 10.1. The molecule has 0 radical (unpaired) electrons. The third-order valence-corrected chi connectivity index (χ3v) is 8.51. The van der Waals surface area contributed by atoms with Crippen LogP contribution >= 0.6 is 23.2 Å². The zero-order chi connectivity index (χ0) is 40.9. The fourth-order valence-electron chi connectivity index (χ4n) is 5.01. The van der Waals surface area contributed by atoms with E-state index < -0.39 is 35.8 Å². The number of ether oxygens (including phenoxy) is 3. The summed E-state index contributed by atoms with van der Waals surface area (Å²) in [5.74, 6) is 0.181. The number of methoxy groups -OCH3 is 3. The van der Waals surface area contributed by atoms with E-state index in [-0.39, 0.29) is 24.6 Å². The summed E-state index contributed by atoms with van der Waals surface area (Å²) in [5.41, 5.74) is 7.44. The average molecular weight is 817 g/mol. The van der Waals surface area contributed by atoms with E-state index in [1.807, 2.05) is 0 Å². The zero-order valence-corrected chi connectivity index (χ0v) is 32.1. The molecule has 0 unspecified atom stereocenters. The summed E-state index contributed by atoms with van der Waals surface area (Å²) in [6.45, 7) is 0. The van der Waals surface area contributed by atoms with E-state index >= 15 is 0 Å². The van der Waals surface area contributed by atoms with Crippen LogP contribution < -0.4 is 25.8 Å². The second kappa shape index (κ2) is 19.7. The van der Waals surface area contributed by atoms with Crippen molar-refractivity contribution >= 4 is 46.9 Å². The Morgan fingerprint density at radius 2 is 1.00 bits per heavy atom. The molecule has 2 atom stereocenters.